The molecule has 0 N–H and O–H groups in total. The van der Waals surface area contributed by atoms with Gasteiger partial charge in [0.15, 0.2) is 8.46 Å². The molecule has 1 aliphatic rings. The van der Waals surface area contributed by atoms with Crippen molar-refractivity contribution in [2.75, 3.05) is 0 Å². The Labute approximate surface area is 43.9 Å². The minimum Gasteiger partial charge on any atom is -0.270 e. The maximum atomic E-state index is 10.00. The Morgan fingerprint density at radius 1 is 1.71 bits per heavy atom. The maximum absolute atomic E-state index is 10.00. The maximum Gasteiger partial charge on any atom is 0.188 e. The number of hydrogen-bond donors (Lipinski definition) is 0. The van der Waals surface area contributed by atoms with E-state index in [2.05, 4.69) is 0 Å². The van der Waals surface area contributed by atoms with Crippen molar-refractivity contribution in [3.8, 4) is 0 Å². The second kappa shape index (κ2) is 2.04. The molecule has 0 radical (unpaired) electrons. The molecule has 1 aliphatic carbocycles. The molecule has 0 aliphatic heterocycles. The summed E-state index contributed by atoms with van der Waals surface area (Å²) < 4.78 is 10.00. The normalized spacial score (nSPS) is 18.0. The second-order valence-corrected chi connectivity index (χ2v) is 2.14. The minimum atomic E-state index is 0.171. The molecule has 0 aromatic heterocycles. The lowest BCUT2D eigenvalue weighted by molar-refractivity contribution is 0.601. The molecule has 0 spiro atoms. The quantitative estimate of drug-likeness (QED) is 0.475. The van der Waals surface area contributed by atoms with Crippen molar-refractivity contribution in [1.29, 1.82) is 0 Å². The van der Waals surface area contributed by atoms with Crippen LogP contribution in [0.15, 0.2) is 23.5 Å². The smallest absolute Gasteiger partial charge is 0.188 e. The summed E-state index contributed by atoms with van der Waals surface area (Å²) in [4.78, 5) is 0. The fourth-order valence-corrected chi connectivity index (χ4v) is 0.831. The van der Waals surface area contributed by atoms with Crippen LogP contribution < -0.4 is 0 Å². The molecule has 7 heavy (non-hydrogen) atoms. The fraction of sp³-hybridized carbons (Fsp3) is 0.200. The van der Waals surface area contributed by atoms with Crippen LogP contribution in [0.25, 0.3) is 0 Å². The van der Waals surface area contributed by atoms with E-state index in [1.54, 1.807) is 0 Å². The Hall–Kier alpha value is -0.420. The van der Waals surface area contributed by atoms with Gasteiger partial charge < -0.3 is 0 Å². The first-order valence-corrected chi connectivity index (χ1v) is 2.94. The van der Waals surface area contributed by atoms with E-state index in [-0.39, 0.29) is 8.46 Å². The lowest BCUT2D eigenvalue weighted by atomic mass is 10.5. The summed E-state index contributed by atoms with van der Waals surface area (Å²) in [6, 6.07) is 0. The van der Waals surface area contributed by atoms with E-state index in [1.165, 1.54) is 0 Å². The van der Waals surface area contributed by atoms with Gasteiger partial charge in [-0.1, -0.05) is 18.2 Å². The van der Waals surface area contributed by atoms with E-state index >= 15 is 0 Å². The standard InChI is InChI=1S/C5H5OP/c6-7-5-3-1-2-4-5/h1-3H,4H2. The summed E-state index contributed by atoms with van der Waals surface area (Å²) in [5, 5.41) is 0.972. The van der Waals surface area contributed by atoms with Gasteiger partial charge in [0.1, 0.15) is 0 Å². The van der Waals surface area contributed by atoms with Crippen molar-refractivity contribution in [2.24, 2.45) is 0 Å². The van der Waals surface area contributed by atoms with Crippen molar-refractivity contribution in [3.05, 3.63) is 23.5 Å². The molecule has 1 rings (SSSR count). The zero-order valence-corrected chi connectivity index (χ0v) is 4.69. The topological polar surface area (TPSA) is 17.1 Å². The van der Waals surface area contributed by atoms with E-state index < -0.39 is 0 Å². The Bertz CT molecular complexity index is 135. The van der Waals surface area contributed by atoms with Crippen molar-refractivity contribution in [2.45, 2.75) is 6.42 Å². The molecule has 0 saturated carbocycles. The highest BCUT2D eigenvalue weighted by molar-refractivity contribution is 7.29. The summed E-state index contributed by atoms with van der Waals surface area (Å²) in [6.45, 7) is 0. The lowest BCUT2D eigenvalue weighted by Gasteiger charge is -1.76. The van der Waals surface area contributed by atoms with Crippen LogP contribution in [0.3, 0.4) is 0 Å². The third kappa shape index (κ3) is 0.971. The molecule has 0 atom stereocenters. The molecular weight excluding hydrogens is 107 g/mol. The van der Waals surface area contributed by atoms with Gasteiger partial charge in [0.25, 0.3) is 0 Å². The van der Waals surface area contributed by atoms with Gasteiger partial charge in [-0.3, -0.25) is 4.57 Å². The van der Waals surface area contributed by atoms with Crippen molar-refractivity contribution < 1.29 is 4.57 Å². The molecule has 0 fully saturated rings. The largest absolute Gasteiger partial charge is 0.270 e. The number of rotatable bonds is 1. The molecule has 0 bridgehead atoms. The highest BCUT2D eigenvalue weighted by Gasteiger charge is 1.94. The van der Waals surface area contributed by atoms with Crippen LogP contribution in [0.4, 0.5) is 0 Å². The van der Waals surface area contributed by atoms with Crippen LogP contribution in [0.2, 0.25) is 0 Å². The molecule has 36 valence electrons. The van der Waals surface area contributed by atoms with Crippen molar-refractivity contribution in [1.82, 2.24) is 0 Å². The summed E-state index contributed by atoms with van der Waals surface area (Å²) in [7, 11) is 0.171. The summed E-state index contributed by atoms with van der Waals surface area (Å²) in [5.41, 5.74) is 0. The second-order valence-electron chi connectivity index (χ2n) is 1.38. The molecule has 0 saturated heterocycles. The van der Waals surface area contributed by atoms with Gasteiger partial charge in [0.2, 0.25) is 0 Å². The van der Waals surface area contributed by atoms with Crippen molar-refractivity contribution >= 4 is 8.46 Å². The summed E-state index contributed by atoms with van der Waals surface area (Å²) in [6.07, 6.45) is 6.64. The van der Waals surface area contributed by atoms with Crippen LogP contribution in [-0.4, -0.2) is 0 Å². The molecule has 1 nitrogen and oxygen atoms in total. The van der Waals surface area contributed by atoms with E-state index in [4.69, 9.17) is 0 Å². The third-order valence-electron chi connectivity index (χ3n) is 0.869. The van der Waals surface area contributed by atoms with Gasteiger partial charge in [-0.15, -0.1) is 0 Å². The predicted molar refractivity (Wildman–Crippen MR) is 29.4 cm³/mol. The average molecular weight is 112 g/mol. The number of allylic oxidation sites excluding steroid dienone is 4. The summed E-state index contributed by atoms with van der Waals surface area (Å²) >= 11 is 0. The molecule has 0 aromatic rings. The van der Waals surface area contributed by atoms with Crippen LogP contribution in [0.1, 0.15) is 6.42 Å². The first kappa shape index (κ1) is 4.73. The average Bonchev–Trinajstić information content (AvgIpc) is 2.14. The van der Waals surface area contributed by atoms with E-state index in [0.29, 0.717) is 0 Å². The molecule has 0 unspecified atom stereocenters. The van der Waals surface area contributed by atoms with Gasteiger partial charge in [0, 0.05) is 5.31 Å². The minimum absolute atomic E-state index is 0.171. The zero-order chi connectivity index (χ0) is 5.11. The Morgan fingerprint density at radius 2 is 2.57 bits per heavy atom. The Balaban J connectivity index is 2.61. The highest BCUT2D eigenvalue weighted by atomic mass is 31.1. The Kier molecular flexibility index (Phi) is 1.38. The zero-order valence-electron chi connectivity index (χ0n) is 3.79. The van der Waals surface area contributed by atoms with Crippen LogP contribution in [-0.2, 0) is 4.57 Å². The molecular formula is C5H5OP. The van der Waals surface area contributed by atoms with Gasteiger partial charge in [-0.25, -0.2) is 0 Å². The van der Waals surface area contributed by atoms with Crippen molar-refractivity contribution in [3.63, 3.8) is 0 Å². The van der Waals surface area contributed by atoms with Gasteiger partial charge in [-0.2, -0.15) is 0 Å². The van der Waals surface area contributed by atoms with Gasteiger partial charge in [-0.05, 0) is 6.42 Å². The van der Waals surface area contributed by atoms with Crippen LogP contribution >= 0.6 is 8.46 Å². The first-order chi connectivity index (χ1) is 3.43. The fourth-order valence-electron chi connectivity index (χ4n) is 0.504. The highest BCUT2D eigenvalue weighted by Crippen LogP contribution is 2.20. The molecule has 0 heterocycles. The van der Waals surface area contributed by atoms with Crippen LogP contribution in [0, 0.1) is 0 Å². The first-order valence-electron chi connectivity index (χ1n) is 2.12. The molecule has 2 heteroatoms. The molecule has 0 aromatic carbocycles. The number of hydrogen-bond acceptors (Lipinski definition) is 1. The van der Waals surface area contributed by atoms with E-state index in [9.17, 15) is 4.57 Å². The van der Waals surface area contributed by atoms with Gasteiger partial charge >= 0.3 is 0 Å². The monoisotopic (exact) mass is 112 g/mol. The SMILES string of the molecule is O=PC1=CC=CC1. The van der Waals surface area contributed by atoms with E-state index in [0.717, 1.165) is 11.7 Å². The third-order valence-corrected chi connectivity index (χ3v) is 1.44. The van der Waals surface area contributed by atoms with Gasteiger partial charge in [0.05, 0.1) is 0 Å². The predicted octanol–water partition coefficient (Wildman–Crippen LogP) is 2.12. The Morgan fingerprint density at radius 3 is 2.86 bits per heavy atom. The molecule has 0 amide bonds. The lowest BCUT2D eigenvalue weighted by Crippen LogP contribution is -1.54. The van der Waals surface area contributed by atoms with E-state index in [1.807, 2.05) is 18.2 Å². The summed E-state index contributed by atoms with van der Waals surface area (Å²) in [5.74, 6) is 0. The van der Waals surface area contributed by atoms with Crippen LogP contribution in [0.5, 0.6) is 0 Å².